The van der Waals surface area contributed by atoms with Gasteiger partial charge < -0.3 is 14.7 Å². The summed E-state index contributed by atoms with van der Waals surface area (Å²) in [6, 6.07) is 6.93. The third kappa shape index (κ3) is 4.83. The van der Waals surface area contributed by atoms with E-state index in [4.69, 9.17) is 5.10 Å². The second kappa shape index (κ2) is 10.7. The highest BCUT2D eigenvalue weighted by Crippen LogP contribution is 2.29. The van der Waals surface area contributed by atoms with Crippen molar-refractivity contribution in [2.75, 3.05) is 57.3 Å². The molecule has 3 fully saturated rings. The Morgan fingerprint density at radius 1 is 0.895 bits per heavy atom. The second-order valence-corrected chi connectivity index (χ2v) is 11.7. The van der Waals surface area contributed by atoms with Gasteiger partial charge in [0.15, 0.2) is 5.69 Å². The van der Waals surface area contributed by atoms with E-state index in [-0.39, 0.29) is 18.4 Å². The van der Waals surface area contributed by atoms with Gasteiger partial charge in [0.25, 0.3) is 5.91 Å². The van der Waals surface area contributed by atoms with Crippen LogP contribution >= 0.6 is 0 Å². The van der Waals surface area contributed by atoms with Gasteiger partial charge in [-0.05, 0) is 89.1 Å². The van der Waals surface area contributed by atoms with Gasteiger partial charge in [0.1, 0.15) is 6.54 Å². The number of piperazine rings is 1. The number of rotatable bonds is 5. The summed E-state index contributed by atoms with van der Waals surface area (Å²) in [7, 11) is 0. The molecule has 4 heterocycles. The summed E-state index contributed by atoms with van der Waals surface area (Å²) >= 11 is 0. The number of piperidine rings is 1. The summed E-state index contributed by atoms with van der Waals surface area (Å²) in [5.41, 5.74) is 6.68. The molecule has 1 atom stereocenters. The van der Waals surface area contributed by atoms with Crippen molar-refractivity contribution in [2.24, 2.45) is 0 Å². The van der Waals surface area contributed by atoms with Gasteiger partial charge >= 0.3 is 0 Å². The van der Waals surface area contributed by atoms with Crippen LogP contribution in [0.5, 0.6) is 0 Å². The average Bonchev–Trinajstić information content (AvgIpc) is 3.70. The molecule has 4 aliphatic rings. The van der Waals surface area contributed by atoms with Crippen LogP contribution in [0.15, 0.2) is 18.2 Å². The molecule has 1 aromatic carbocycles. The van der Waals surface area contributed by atoms with Crippen LogP contribution in [0, 0.1) is 13.8 Å². The number of carbonyl (C=O) groups is 2. The summed E-state index contributed by atoms with van der Waals surface area (Å²) in [5.74, 6) is 0.175. The second-order valence-electron chi connectivity index (χ2n) is 11.7. The Labute approximate surface area is 226 Å². The summed E-state index contributed by atoms with van der Waals surface area (Å²) in [6.45, 7) is 11.6. The molecule has 3 saturated heterocycles. The molecular formula is C30H42N6O2. The Balaban J connectivity index is 1.11. The number of nitrogens with zero attached hydrogens (tertiary/aromatic N) is 6. The maximum Gasteiger partial charge on any atom is 0.274 e. The molecule has 3 aliphatic heterocycles. The van der Waals surface area contributed by atoms with E-state index in [2.05, 4.69) is 41.8 Å². The molecule has 0 saturated carbocycles. The third-order valence-electron chi connectivity index (χ3n) is 9.38. The summed E-state index contributed by atoms with van der Waals surface area (Å²) in [4.78, 5) is 36.0. The quantitative estimate of drug-likeness (QED) is 0.609. The standard InChI is InChI=1S/C30H42N6O2/c1-22-8-5-11-26(23(22)2)33-16-18-34(19-17-33)28(37)21-36-27-12-6-10-25(27)29(31-36)30(38)35-15-7-9-24(20-35)32-13-3-4-14-32/h5,8,11,24H,3-4,6-7,9-10,12-21H2,1-2H3. The smallest absolute Gasteiger partial charge is 0.274 e. The van der Waals surface area contributed by atoms with Crippen molar-refractivity contribution in [3.63, 3.8) is 0 Å². The van der Waals surface area contributed by atoms with Gasteiger partial charge in [-0.15, -0.1) is 0 Å². The maximum atomic E-state index is 13.7. The fraction of sp³-hybridized carbons (Fsp3) is 0.633. The minimum absolute atomic E-state index is 0.0698. The first kappa shape index (κ1) is 25.4. The summed E-state index contributed by atoms with van der Waals surface area (Å²) in [5, 5.41) is 4.80. The number of amides is 2. The molecule has 8 nitrogen and oxygen atoms in total. The number of anilines is 1. The van der Waals surface area contributed by atoms with Crippen molar-refractivity contribution in [1.29, 1.82) is 0 Å². The molecule has 0 spiro atoms. The van der Waals surface area contributed by atoms with Crippen molar-refractivity contribution in [1.82, 2.24) is 24.5 Å². The Bertz CT molecular complexity index is 1190. The monoisotopic (exact) mass is 518 g/mol. The Hall–Kier alpha value is -2.87. The van der Waals surface area contributed by atoms with E-state index in [1.54, 1.807) is 0 Å². The molecule has 8 heteroatoms. The summed E-state index contributed by atoms with van der Waals surface area (Å²) < 4.78 is 1.86. The lowest BCUT2D eigenvalue weighted by atomic mass is 10.0. The highest BCUT2D eigenvalue weighted by Gasteiger charge is 2.34. The summed E-state index contributed by atoms with van der Waals surface area (Å²) in [6.07, 6.45) is 7.62. The predicted molar refractivity (Wildman–Crippen MR) is 149 cm³/mol. The fourth-order valence-corrected chi connectivity index (χ4v) is 7.01. The minimum atomic E-state index is 0.0698. The van der Waals surface area contributed by atoms with Gasteiger partial charge in [-0.3, -0.25) is 19.2 Å². The van der Waals surface area contributed by atoms with E-state index in [1.807, 2.05) is 14.5 Å². The first-order valence-corrected chi connectivity index (χ1v) is 14.7. The number of hydrogen-bond acceptors (Lipinski definition) is 5. The lowest BCUT2D eigenvalue weighted by molar-refractivity contribution is -0.132. The Morgan fingerprint density at radius 3 is 2.47 bits per heavy atom. The number of likely N-dealkylation sites (tertiary alicyclic amines) is 2. The van der Waals surface area contributed by atoms with Gasteiger partial charge in [0, 0.05) is 62.3 Å². The van der Waals surface area contributed by atoms with E-state index in [0.717, 1.165) is 76.2 Å². The Morgan fingerprint density at radius 2 is 1.68 bits per heavy atom. The van der Waals surface area contributed by atoms with E-state index in [9.17, 15) is 9.59 Å². The molecule has 1 unspecified atom stereocenters. The molecule has 2 aromatic rings. The first-order valence-electron chi connectivity index (χ1n) is 14.7. The van der Waals surface area contributed by atoms with Crippen LogP contribution in [0.25, 0.3) is 0 Å². The largest absolute Gasteiger partial charge is 0.368 e. The van der Waals surface area contributed by atoms with Crippen LogP contribution in [0.1, 0.15) is 65.0 Å². The molecule has 0 bridgehead atoms. The van der Waals surface area contributed by atoms with Crippen molar-refractivity contribution < 1.29 is 9.59 Å². The van der Waals surface area contributed by atoms with Crippen molar-refractivity contribution in [3.05, 3.63) is 46.3 Å². The highest BCUT2D eigenvalue weighted by molar-refractivity contribution is 5.94. The number of hydrogen-bond donors (Lipinski definition) is 0. The number of fused-ring (bicyclic) bond motifs is 1. The molecule has 1 aliphatic carbocycles. The maximum absolute atomic E-state index is 13.7. The van der Waals surface area contributed by atoms with Crippen molar-refractivity contribution in [2.45, 2.75) is 71.4 Å². The van der Waals surface area contributed by atoms with Crippen LogP contribution in [0.2, 0.25) is 0 Å². The lowest BCUT2D eigenvalue weighted by Gasteiger charge is -2.37. The topological polar surface area (TPSA) is 64.9 Å². The number of aryl methyl sites for hydroxylation is 1. The molecule has 6 rings (SSSR count). The van der Waals surface area contributed by atoms with Crippen LogP contribution in [-0.2, 0) is 24.2 Å². The van der Waals surface area contributed by atoms with Crippen LogP contribution in [-0.4, -0.2) is 94.7 Å². The number of benzene rings is 1. The predicted octanol–water partition coefficient (Wildman–Crippen LogP) is 3.04. The van der Waals surface area contributed by atoms with Crippen molar-refractivity contribution in [3.8, 4) is 0 Å². The normalized spacial score (nSPS) is 22.3. The van der Waals surface area contributed by atoms with Gasteiger partial charge in [-0.25, -0.2) is 0 Å². The van der Waals surface area contributed by atoms with E-state index < -0.39 is 0 Å². The van der Waals surface area contributed by atoms with Crippen LogP contribution < -0.4 is 4.90 Å². The third-order valence-corrected chi connectivity index (χ3v) is 9.38. The number of aromatic nitrogens is 2. The molecule has 1 aromatic heterocycles. The average molecular weight is 519 g/mol. The van der Waals surface area contributed by atoms with Gasteiger partial charge in [0.2, 0.25) is 5.91 Å². The molecule has 38 heavy (non-hydrogen) atoms. The van der Waals surface area contributed by atoms with Gasteiger partial charge in [-0.1, -0.05) is 12.1 Å². The molecule has 2 amide bonds. The van der Waals surface area contributed by atoms with Gasteiger partial charge in [-0.2, -0.15) is 5.10 Å². The molecule has 0 radical (unpaired) electrons. The zero-order valence-electron chi connectivity index (χ0n) is 23.1. The molecular weight excluding hydrogens is 476 g/mol. The van der Waals surface area contributed by atoms with Gasteiger partial charge in [0.05, 0.1) is 0 Å². The van der Waals surface area contributed by atoms with Crippen LogP contribution in [0.3, 0.4) is 0 Å². The van der Waals surface area contributed by atoms with E-state index >= 15 is 0 Å². The molecule has 0 N–H and O–H groups in total. The Kier molecular flexibility index (Phi) is 7.16. The van der Waals surface area contributed by atoms with E-state index in [1.165, 1.54) is 36.1 Å². The number of carbonyl (C=O) groups excluding carboxylic acids is 2. The first-order chi connectivity index (χ1) is 18.5. The van der Waals surface area contributed by atoms with E-state index in [0.29, 0.717) is 24.8 Å². The van der Waals surface area contributed by atoms with Crippen molar-refractivity contribution >= 4 is 17.5 Å². The lowest BCUT2D eigenvalue weighted by Crippen LogP contribution is -2.50. The SMILES string of the molecule is Cc1cccc(N2CCN(C(=O)Cn3nc(C(=O)N4CCCC(N5CCCC5)C4)c4c3CCC4)CC2)c1C. The zero-order chi connectivity index (χ0) is 26.2. The van der Waals surface area contributed by atoms with Crippen LogP contribution in [0.4, 0.5) is 5.69 Å². The fourth-order valence-electron chi connectivity index (χ4n) is 7.01. The zero-order valence-corrected chi connectivity index (χ0v) is 23.1. The highest BCUT2D eigenvalue weighted by atomic mass is 16.2. The molecule has 204 valence electrons. The minimum Gasteiger partial charge on any atom is -0.368 e.